The van der Waals surface area contributed by atoms with Crippen LogP contribution in [0.1, 0.15) is 63.9 Å². The molecule has 0 spiro atoms. The Balaban J connectivity index is 0. The number of fused-ring (bicyclic) bond motifs is 2. The topological polar surface area (TPSA) is 135 Å². The zero-order valence-electron chi connectivity index (χ0n) is 20.4. The molecule has 0 radical (unpaired) electrons. The van der Waals surface area contributed by atoms with Gasteiger partial charge in [0, 0.05) is 51.6 Å². The number of carboxylic acid groups (broad SMARTS) is 1. The molecule has 0 saturated carbocycles. The van der Waals surface area contributed by atoms with E-state index in [2.05, 4.69) is 40.0 Å². The standard InChI is InChI=1S/C15H19NO.C5H10O2.C4H6O3.CO2.ClH/c17-15-9-13-7-4-8-14(10-15)16(13)11-12-5-2-1-3-6-12;1-7-5-3-2-4-6;1-3(5)2-4(6)7;2-1-3;/h1-3,5-6,13-14H,4,7-11H2;4H,2-3,5H2,1H3;2H2,1H3,(H,6,7);;1H. The van der Waals surface area contributed by atoms with Crippen LogP contribution in [-0.4, -0.2) is 65.8 Å². The lowest BCUT2D eigenvalue weighted by atomic mass is 9.83. The zero-order valence-corrected chi connectivity index (χ0v) is 21.2. The molecule has 2 unspecified atom stereocenters. The van der Waals surface area contributed by atoms with Crippen LogP contribution in [0.5, 0.6) is 0 Å². The maximum absolute atomic E-state index is 11.6. The third-order valence-electron chi connectivity index (χ3n) is 5.22. The third-order valence-corrected chi connectivity index (χ3v) is 5.22. The summed E-state index contributed by atoms with van der Waals surface area (Å²) in [5, 5.41) is 7.86. The minimum atomic E-state index is -1.06. The predicted molar refractivity (Wildman–Crippen MR) is 130 cm³/mol. The van der Waals surface area contributed by atoms with E-state index in [0.717, 1.165) is 32.1 Å². The number of benzene rings is 1. The molecule has 35 heavy (non-hydrogen) atoms. The molecule has 0 aromatic heterocycles. The van der Waals surface area contributed by atoms with Crippen LogP contribution in [-0.2, 0) is 40.0 Å². The molecule has 2 fully saturated rings. The summed E-state index contributed by atoms with van der Waals surface area (Å²) in [6, 6.07) is 11.6. The maximum Gasteiger partial charge on any atom is 0.373 e. The largest absolute Gasteiger partial charge is 0.481 e. The molecule has 2 heterocycles. The summed E-state index contributed by atoms with van der Waals surface area (Å²) in [6.45, 7) is 2.95. The first-order valence-corrected chi connectivity index (χ1v) is 11.2. The average Bonchev–Trinajstić information content (AvgIpc) is 2.76. The van der Waals surface area contributed by atoms with Gasteiger partial charge in [0.1, 0.15) is 24.3 Å². The molecule has 3 rings (SSSR count). The fraction of sp³-hybridized carbons (Fsp3) is 0.560. The molecule has 2 aliphatic heterocycles. The molecule has 1 aromatic carbocycles. The Morgan fingerprint density at radius 1 is 1.14 bits per heavy atom. The summed E-state index contributed by atoms with van der Waals surface area (Å²) in [5.41, 5.74) is 1.37. The van der Waals surface area contributed by atoms with Crippen LogP contribution in [0.2, 0.25) is 0 Å². The van der Waals surface area contributed by atoms with Crippen molar-refractivity contribution in [3.05, 3.63) is 35.9 Å². The van der Waals surface area contributed by atoms with Gasteiger partial charge < -0.3 is 14.6 Å². The Hall–Kier alpha value is -2.71. The zero-order chi connectivity index (χ0) is 25.8. The smallest absolute Gasteiger partial charge is 0.373 e. The van der Waals surface area contributed by atoms with Gasteiger partial charge in [0.25, 0.3) is 0 Å². The molecule has 196 valence electrons. The molecule has 1 aromatic rings. The number of hydrogen-bond acceptors (Lipinski definition) is 8. The average molecular weight is 514 g/mol. The first-order chi connectivity index (χ1) is 16.3. The van der Waals surface area contributed by atoms with Gasteiger partial charge in [-0.3, -0.25) is 19.3 Å². The fourth-order valence-electron chi connectivity index (χ4n) is 3.84. The first-order valence-electron chi connectivity index (χ1n) is 11.2. The van der Waals surface area contributed by atoms with Crippen LogP contribution in [0.15, 0.2) is 30.3 Å². The van der Waals surface area contributed by atoms with Crippen molar-refractivity contribution >= 4 is 42.4 Å². The molecule has 1 N–H and O–H groups in total. The van der Waals surface area contributed by atoms with E-state index in [0.29, 0.717) is 30.9 Å². The van der Waals surface area contributed by atoms with Crippen molar-refractivity contribution in [3.63, 3.8) is 0 Å². The molecule has 2 saturated heterocycles. The minimum Gasteiger partial charge on any atom is -0.481 e. The number of ketones is 2. The second kappa shape index (κ2) is 21.8. The highest BCUT2D eigenvalue weighted by Gasteiger charge is 2.37. The van der Waals surface area contributed by atoms with Crippen LogP contribution in [0, 0.1) is 0 Å². The molecule has 2 bridgehead atoms. The quantitative estimate of drug-likeness (QED) is 0.315. The number of piperidine rings is 2. The number of aliphatic carboxylic acids is 1. The van der Waals surface area contributed by atoms with E-state index in [1.807, 2.05) is 0 Å². The Bertz CT molecular complexity index is 753. The summed E-state index contributed by atoms with van der Waals surface area (Å²) < 4.78 is 4.69. The highest BCUT2D eigenvalue weighted by Crippen LogP contribution is 2.33. The van der Waals surface area contributed by atoms with Crippen LogP contribution < -0.4 is 0 Å². The van der Waals surface area contributed by atoms with E-state index in [1.54, 1.807) is 7.11 Å². The highest BCUT2D eigenvalue weighted by atomic mass is 35.5. The number of aldehydes is 1. The van der Waals surface area contributed by atoms with Gasteiger partial charge in [-0.05, 0) is 31.7 Å². The number of carboxylic acids is 1. The van der Waals surface area contributed by atoms with Gasteiger partial charge in [-0.2, -0.15) is 9.59 Å². The monoisotopic (exact) mass is 513 g/mol. The molecule has 0 aliphatic carbocycles. The van der Waals surface area contributed by atoms with Crippen molar-refractivity contribution < 1.29 is 38.6 Å². The summed E-state index contributed by atoms with van der Waals surface area (Å²) in [6.07, 6.45) is 7.53. The number of halogens is 1. The Morgan fingerprint density at radius 2 is 1.69 bits per heavy atom. The molecule has 0 amide bonds. The highest BCUT2D eigenvalue weighted by molar-refractivity contribution is 5.93. The van der Waals surface area contributed by atoms with Gasteiger partial charge in [0.15, 0.2) is 0 Å². The lowest BCUT2D eigenvalue weighted by molar-refractivity contribution is -0.191. The summed E-state index contributed by atoms with van der Waals surface area (Å²) >= 11 is 0. The second-order valence-corrected chi connectivity index (χ2v) is 8.00. The maximum atomic E-state index is 11.6. The lowest BCUT2D eigenvalue weighted by Crippen LogP contribution is -2.51. The van der Waals surface area contributed by atoms with Gasteiger partial charge in [0.05, 0.1) is 0 Å². The van der Waals surface area contributed by atoms with E-state index in [4.69, 9.17) is 14.7 Å². The Morgan fingerprint density at radius 3 is 2.09 bits per heavy atom. The molecule has 10 heteroatoms. The molecular formula is C25H36ClNO8. The molecular weight excluding hydrogens is 478 g/mol. The van der Waals surface area contributed by atoms with E-state index in [1.165, 1.54) is 31.7 Å². The number of Topliss-reactive ketones (excluding diaryl/α,β-unsaturated/α-hetero) is 2. The van der Waals surface area contributed by atoms with E-state index < -0.39 is 5.97 Å². The summed E-state index contributed by atoms with van der Waals surface area (Å²) in [4.78, 5) is 59.6. The number of unbranched alkanes of at least 4 members (excludes halogenated alkanes) is 1. The number of rotatable bonds is 8. The van der Waals surface area contributed by atoms with E-state index in [9.17, 15) is 19.2 Å². The number of carbonyl (C=O) groups is 4. The van der Waals surface area contributed by atoms with Crippen molar-refractivity contribution in [2.24, 2.45) is 0 Å². The van der Waals surface area contributed by atoms with Crippen molar-refractivity contribution in [2.45, 2.75) is 76.9 Å². The van der Waals surface area contributed by atoms with Crippen LogP contribution in [0.3, 0.4) is 0 Å². The Labute approximate surface area is 212 Å². The number of ether oxygens (including phenoxy) is 1. The number of methoxy groups -OCH3 is 1. The predicted octanol–water partition coefficient (Wildman–Crippen LogP) is 3.27. The van der Waals surface area contributed by atoms with Gasteiger partial charge in [0.2, 0.25) is 0 Å². The first kappa shape index (κ1) is 34.5. The van der Waals surface area contributed by atoms with Gasteiger partial charge in [-0.25, -0.2) is 0 Å². The van der Waals surface area contributed by atoms with Crippen molar-refractivity contribution in [1.29, 1.82) is 0 Å². The van der Waals surface area contributed by atoms with E-state index in [-0.39, 0.29) is 30.8 Å². The van der Waals surface area contributed by atoms with E-state index >= 15 is 0 Å². The fourth-order valence-corrected chi connectivity index (χ4v) is 3.84. The van der Waals surface area contributed by atoms with Gasteiger partial charge >= 0.3 is 12.1 Å². The SMILES string of the molecule is CC(=O)CC(=O)O.COCCCC=O.Cl.O=C1CC2CCCC(C1)N2Cc1ccccc1.O=C=O. The van der Waals surface area contributed by atoms with Gasteiger partial charge in [-0.1, -0.05) is 36.8 Å². The minimum absolute atomic E-state index is 0. The molecule has 9 nitrogen and oxygen atoms in total. The normalized spacial score (nSPS) is 17.8. The van der Waals surface area contributed by atoms with Crippen LogP contribution >= 0.6 is 12.4 Å². The summed E-state index contributed by atoms with van der Waals surface area (Å²) in [5.74, 6) is -0.899. The van der Waals surface area contributed by atoms with Crippen LogP contribution in [0.4, 0.5) is 0 Å². The van der Waals surface area contributed by atoms with Crippen molar-refractivity contribution in [2.75, 3.05) is 13.7 Å². The van der Waals surface area contributed by atoms with Crippen molar-refractivity contribution in [1.82, 2.24) is 4.90 Å². The van der Waals surface area contributed by atoms with Crippen LogP contribution in [0.25, 0.3) is 0 Å². The summed E-state index contributed by atoms with van der Waals surface area (Å²) in [7, 11) is 1.63. The lowest BCUT2D eigenvalue weighted by Gasteiger charge is -2.45. The molecule has 2 atom stereocenters. The Kier molecular flexibility index (Phi) is 21.5. The molecule has 2 aliphatic rings. The number of carbonyl (C=O) groups excluding carboxylic acids is 5. The second-order valence-electron chi connectivity index (χ2n) is 8.00. The van der Waals surface area contributed by atoms with Crippen molar-refractivity contribution in [3.8, 4) is 0 Å². The number of hydrogen-bond donors (Lipinski definition) is 1. The van der Waals surface area contributed by atoms with Gasteiger partial charge in [-0.15, -0.1) is 12.4 Å². The number of nitrogens with zero attached hydrogens (tertiary/aromatic N) is 1. The third kappa shape index (κ3) is 17.4.